The van der Waals surface area contributed by atoms with Crippen molar-refractivity contribution in [3.05, 3.63) is 78.2 Å². The number of rotatable bonds is 3. The Morgan fingerprint density at radius 2 is 1.67 bits per heavy atom. The van der Waals surface area contributed by atoms with Crippen LogP contribution in [-0.4, -0.2) is 19.7 Å². The third kappa shape index (κ3) is 2.53. The van der Waals surface area contributed by atoms with E-state index in [9.17, 15) is 0 Å². The first-order valence-corrected chi connectivity index (χ1v) is 7.64. The molecular weight excluding hydrogens is 296 g/mol. The van der Waals surface area contributed by atoms with Crippen molar-refractivity contribution in [3.63, 3.8) is 0 Å². The summed E-state index contributed by atoms with van der Waals surface area (Å²) in [5, 5.41) is 5.68. The minimum atomic E-state index is 0.372. The number of hydrogen-bond donors (Lipinski definition) is 0. The Morgan fingerprint density at radius 3 is 2.38 bits per heavy atom. The first kappa shape index (κ1) is 14.2. The number of terminal acetylenes is 1. The molecule has 0 saturated carbocycles. The molecule has 0 N–H and O–H groups in total. The first-order chi connectivity index (χ1) is 11.8. The highest BCUT2D eigenvalue weighted by molar-refractivity contribution is 5.90. The number of nitrogens with zero attached hydrogens (tertiary/aromatic N) is 4. The lowest BCUT2D eigenvalue weighted by Crippen LogP contribution is -2.03. The van der Waals surface area contributed by atoms with Crippen LogP contribution in [0.25, 0.3) is 22.3 Å². The molecule has 0 unspecified atom stereocenters. The van der Waals surface area contributed by atoms with E-state index in [0.29, 0.717) is 12.4 Å². The fourth-order valence-corrected chi connectivity index (χ4v) is 2.70. The molecule has 4 nitrogen and oxygen atoms in total. The van der Waals surface area contributed by atoms with E-state index in [-0.39, 0.29) is 0 Å². The van der Waals surface area contributed by atoms with Gasteiger partial charge in [0.15, 0.2) is 5.65 Å². The molecule has 0 aliphatic rings. The number of hydrogen-bond acceptors (Lipinski definition) is 3. The summed E-state index contributed by atoms with van der Waals surface area (Å²) < 4.78 is 1.88. The molecule has 0 atom stereocenters. The van der Waals surface area contributed by atoms with Crippen molar-refractivity contribution in [3.8, 4) is 23.6 Å². The second-order valence-electron chi connectivity index (χ2n) is 5.43. The fraction of sp³-hybridized carbons (Fsp3) is 0.0500. The molecule has 2 heterocycles. The third-order valence-corrected chi connectivity index (χ3v) is 3.84. The van der Waals surface area contributed by atoms with Gasteiger partial charge in [-0.2, -0.15) is 5.10 Å². The summed E-state index contributed by atoms with van der Waals surface area (Å²) in [5.41, 5.74) is 3.81. The summed E-state index contributed by atoms with van der Waals surface area (Å²) in [6.45, 7) is 0.630. The van der Waals surface area contributed by atoms with Crippen molar-refractivity contribution in [1.29, 1.82) is 0 Å². The lowest BCUT2D eigenvalue weighted by molar-refractivity contribution is 0.706. The molecule has 0 aliphatic heterocycles. The van der Waals surface area contributed by atoms with Gasteiger partial charge in [-0.3, -0.25) is 0 Å². The second-order valence-corrected chi connectivity index (χ2v) is 5.43. The normalized spacial score (nSPS) is 10.6. The van der Waals surface area contributed by atoms with Crippen LogP contribution in [0.2, 0.25) is 0 Å². The average molecular weight is 310 g/mol. The summed E-state index contributed by atoms with van der Waals surface area (Å²) in [7, 11) is 0. The van der Waals surface area contributed by atoms with E-state index < -0.39 is 0 Å². The van der Waals surface area contributed by atoms with Gasteiger partial charge in [-0.1, -0.05) is 60.7 Å². The molecule has 4 aromatic rings. The van der Waals surface area contributed by atoms with Crippen molar-refractivity contribution in [2.24, 2.45) is 0 Å². The molecule has 24 heavy (non-hydrogen) atoms. The van der Waals surface area contributed by atoms with Crippen LogP contribution in [0, 0.1) is 12.3 Å². The molecule has 0 saturated heterocycles. The largest absolute Gasteiger partial charge is 0.242 e. The summed E-state index contributed by atoms with van der Waals surface area (Å²) in [4.78, 5) is 8.72. The molecule has 0 aliphatic carbocycles. The number of fused-ring (bicyclic) bond motifs is 1. The SMILES string of the molecule is C#Cc1ncc2c(-c3ccccc3)nn(Cc3ccccc3)c2n1. The van der Waals surface area contributed by atoms with Gasteiger partial charge in [0.05, 0.1) is 11.9 Å². The number of aromatic nitrogens is 4. The molecule has 4 heteroatoms. The molecule has 0 spiro atoms. The zero-order chi connectivity index (χ0) is 16.4. The zero-order valence-corrected chi connectivity index (χ0v) is 12.9. The lowest BCUT2D eigenvalue weighted by Gasteiger charge is -2.03. The van der Waals surface area contributed by atoms with Gasteiger partial charge >= 0.3 is 0 Å². The minimum absolute atomic E-state index is 0.372. The smallest absolute Gasteiger partial charge is 0.206 e. The van der Waals surface area contributed by atoms with Crippen LogP contribution in [0.1, 0.15) is 11.4 Å². The van der Waals surface area contributed by atoms with E-state index in [2.05, 4.69) is 28.0 Å². The van der Waals surface area contributed by atoms with Gasteiger partial charge in [-0.05, 0) is 11.5 Å². The van der Waals surface area contributed by atoms with Gasteiger partial charge in [0.2, 0.25) is 5.82 Å². The topological polar surface area (TPSA) is 43.6 Å². The van der Waals surface area contributed by atoms with E-state index in [0.717, 1.165) is 27.9 Å². The molecule has 4 rings (SSSR count). The summed E-state index contributed by atoms with van der Waals surface area (Å²) in [6.07, 6.45) is 7.22. The van der Waals surface area contributed by atoms with E-state index in [1.807, 2.05) is 53.2 Å². The highest BCUT2D eigenvalue weighted by Gasteiger charge is 2.14. The molecule has 0 bridgehead atoms. The van der Waals surface area contributed by atoms with Gasteiger partial charge < -0.3 is 0 Å². The van der Waals surface area contributed by atoms with Crippen LogP contribution in [0.3, 0.4) is 0 Å². The molecular formula is C20H14N4. The molecule has 0 amide bonds. The third-order valence-electron chi connectivity index (χ3n) is 3.84. The van der Waals surface area contributed by atoms with Gasteiger partial charge in [0.1, 0.15) is 5.69 Å². The highest BCUT2D eigenvalue weighted by atomic mass is 15.3. The maximum Gasteiger partial charge on any atom is 0.206 e. The fourth-order valence-electron chi connectivity index (χ4n) is 2.70. The number of benzene rings is 2. The van der Waals surface area contributed by atoms with Crippen LogP contribution in [-0.2, 0) is 6.54 Å². The molecule has 2 aromatic heterocycles. The van der Waals surface area contributed by atoms with Gasteiger partial charge in [-0.25, -0.2) is 14.6 Å². The van der Waals surface area contributed by atoms with E-state index >= 15 is 0 Å². The van der Waals surface area contributed by atoms with Gasteiger partial charge in [-0.15, -0.1) is 6.42 Å². The predicted molar refractivity (Wildman–Crippen MR) is 94.2 cm³/mol. The van der Waals surface area contributed by atoms with Crippen molar-refractivity contribution >= 4 is 11.0 Å². The Morgan fingerprint density at radius 1 is 0.958 bits per heavy atom. The average Bonchev–Trinajstić information content (AvgIpc) is 3.01. The Bertz CT molecular complexity index is 1030. The standard InChI is InChI=1S/C20H14N4/c1-2-18-21-13-17-19(16-11-7-4-8-12-16)23-24(20(17)22-18)14-15-9-5-3-6-10-15/h1,3-13H,14H2. The monoisotopic (exact) mass is 310 g/mol. The zero-order valence-electron chi connectivity index (χ0n) is 12.9. The van der Waals surface area contributed by atoms with E-state index in [1.165, 1.54) is 0 Å². The van der Waals surface area contributed by atoms with Gasteiger partial charge in [0.25, 0.3) is 0 Å². The first-order valence-electron chi connectivity index (χ1n) is 7.64. The lowest BCUT2D eigenvalue weighted by atomic mass is 10.1. The summed E-state index contributed by atoms with van der Waals surface area (Å²) in [5.74, 6) is 2.87. The van der Waals surface area contributed by atoms with Crippen LogP contribution in [0.15, 0.2) is 66.9 Å². The molecule has 114 valence electrons. The second kappa shape index (κ2) is 5.98. The summed E-state index contributed by atoms with van der Waals surface area (Å²) in [6, 6.07) is 20.2. The Balaban J connectivity index is 1.91. The minimum Gasteiger partial charge on any atom is -0.242 e. The van der Waals surface area contributed by atoms with Crippen molar-refractivity contribution in [2.75, 3.05) is 0 Å². The van der Waals surface area contributed by atoms with Crippen molar-refractivity contribution in [1.82, 2.24) is 19.7 Å². The van der Waals surface area contributed by atoms with Crippen LogP contribution in [0.5, 0.6) is 0 Å². The maximum atomic E-state index is 5.46. The molecule has 0 fully saturated rings. The van der Waals surface area contributed by atoms with Crippen LogP contribution < -0.4 is 0 Å². The van der Waals surface area contributed by atoms with Crippen molar-refractivity contribution in [2.45, 2.75) is 6.54 Å². The predicted octanol–water partition coefficient (Wildman–Crippen LogP) is 3.52. The van der Waals surface area contributed by atoms with E-state index in [1.54, 1.807) is 6.20 Å². The quantitative estimate of drug-likeness (QED) is 0.544. The van der Waals surface area contributed by atoms with Crippen LogP contribution in [0.4, 0.5) is 0 Å². The van der Waals surface area contributed by atoms with Crippen molar-refractivity contribution < 1.29 is 0 Å². The van der Waals surface area contributed by atoms with Crippen LogP contribution >= 0.6 is 0 Å². The molecule has 2 aromatic carbocycles. The van der Waals surface area contributed by atoms with E-state index in [4.69, 9.17) is 11.5 Å². The van der Waals surface area contributed by atoms with Gasteiger partial charge in [0, 0.05) is 11.8 Å². The highest BCUT2D eigenvalue weighted by Crippen LogP contribution is 2.26. The molecule has 0 radical (unpaired) electrons. The summed E-state index contributed by atoms with van der Waals surface area (Å²) >= 11 is 0. The Labute approximate surface area is 139 Å². The Hall–Kier alpha value is -3.45. The maximum absolute atomic E-state index is 5.46. The Kier molecular flexibility index (Phi) is 3.53.